The number of anilines is 2. The molecule has 0 aliphatic carbocycles. The van der Waals surface area contributed by atoms with Crippen molar-refractivity contribution in [1.29, 1.82) is 0 Å². The van der Waals surface area contributed by atoms with E-state index in [1.807, 2.05) is 0 Å². The molecule has 9 heteroatoms. The first-order chi connectivity index (χ1) is 8.38. The first-order valence-electron chi connectivity index (χ1n) is 4.82. The normalized spacial score (nSPS) is 11.4. The number of nitrogen functional groups attached to an aromatic ring is 1. The maximum atomic E-state index is 12.0. The molecule has 0 aromatic carbocycles. The van der Waals surface area contributed by atoms with Gasteiger partial charge in [-0.15, -0.1) is 0 Å². The predicted molar refractivity (Wildman–Crippen MR) is 67.7 cm³/mol. The lowest BCUT2D eigenvalue weighted by atomic mass is 10.5. The van der Waals surface area contributed by atoms with Crippen molar-refractivity contribution in [3.05, 3.63) is 29.5 Å². The third-order valence-electron chi connectivity index (χ3n) is 2.08. The summed E-state index contributed by atoms with van der Waals surface area (Å²) in [6.07, 6.45) is 2.65. The Morgan fingerprint density at radius 1 is 1.44 bits per heavy atom. The van der Waals surface area contributed by atoms with Crippen LogP contribution < -0.4 is 10.5 Å². The van der Waals surface area contributed by atoms with Crippen LogP contribution in [-0.2, 0) is 17.1 Å². The van der Waals surface area contributed by atoms with Gasteiger partial charge in [0.1, 0.15) is 10.7 Å². The average Bonchev–Trinajstić information content (AvgIpc) is 2.62. The van der Waals surface area contributed by atoms with Crippen LogP contribution >= 0.6 is 11.6 Å². The van der Waals surface area contributed by atoms with Crippen molar-refractivity contribution in [1.82, 2.24) is 14.8 Å². The fourth-order valence-electron chi connectivity index (χ4n) is 1.32. The van der Waals surface area contributed by atoms with Gasteiger partial charge < -0.3 is 5.73 Å². The van der Waals surface area contributed by atoms with E-state index in [-0.39, 0.29) is 16.5 Å². The summed E-state index contributed by atoms with van der Waals surface area (Å²) in [4.78, 5) is 3.74. The summed E-state index contributed by atoms with van der Waals surface area (Å²) in [5.74, 6) is 0.0848. The summed E-state index contributed by atoms with van der Waals surface area (Å²) in [5.41, 5.74) is 5.51. The molecule has 0 atom stereocenters. The maximum Gasteiger partial charge on any atom is 0.268 e. The summed E-state index contributed by atoms with van der Waals surface area (Å²) >= 11 is 5.66. The molecule has 0 aliphatic heterocycles. The Kier molecular flexibility index (Phi) is 3.14. The molecule has 0 spiro atoms. The molecule has 0 aliphatic rings. The van der Waals surface area contributed by atoms with E-state index in [1.54, 1.807) is 7.05 Å². The molecule has 0 amide bonds. The van der Waals surface area contributed by atoms with E-state index in [0.29, 0.717) is 5.02 Å². The number of hydrogen-bond acceptors (Lipinski definition) is 5. The van der Waals surface area contributed by atoms with Gasteiger partial charge in [0.05, 0.1) is 5.02 Å². The van der Waals surface area contributed by atoms with E-state index in [2.05, 4.69) is 14.8 Å². The molecule has 18 heavy (non-hydrogen) atoms. The van der Waals surface area contributed by atoms with E-state index >= 15 is 0 Å². The zero-order chi connectivity index (χ0) is 13.3. The molecule has 0 saturated carbocycles. The molecule has 2 heterocycles. The van der Waals surface area contributed by atoms with Crippen LogP contribution in [0.25, 0.3) is 0 Å². The van der Waals surface area contributed by atoms with Crippen molar-refractivity contribution >= 4 is 33.3 Å². The number of rotatable bonds is 3. The molecule has 0 radical (unpaired) electrons. The number of pyridine rings is 1. The van der Waals surface area contributed by atoms with E-state index in [1.165, 1.54) is 29.2 Å². The highest BCUT2D eigenvalue weighted by Gasteiger charge is 2.21. The van der Waals surface area contributed by atoms with Gasteiger partial charge in [-0.3, -0.25) is 9.40 Å². The number of hydrogen-bond donors (Lipinski definition) is 2. The van der Waals surface area contributed by atoms with E-state index in [9.17, 15) is 8.42 Å². The van der Waals surface area contributed by atoms with Crippen LogP contribution in [0.1, 0.15) is 0 Å². The molecule has 96 valence electrons. The maximum absolute atomic E-state index is 12.0. The lowest BCUT2D eigenvalue weighted by Crippen LogP contribution is -2.14. The molecule has 0 saturated heterocycles. The Morgan fingerprint density at radius 2 is 2.17 bits per heavy atom. The van der Waals surface area contributed by atoms with Crippen molar-refractivity contribution in [2.75, 3.05) is 10.5 Å². The van der Waals surface area contributed by atoms with Crippen molar-refractivity contribution in [2.45, 2.75) is 4.90 Å². The largest absolute Gasteiger partial charge is 0.381 e. The van der Waals surface area contributed by atoms with E-state index in [0.717, 1.165) is 0 Å². The highest BCUT2D eigenvalue weighted by Crippen LogP contribution is 2.19. The van der Waals surface area contributed by atoms with Crippen LogP contribution in [0.4, 0.5) is 11.6 Å². The Hall–Kier alpha value is -1.80. The zero-order valence-electron chi connectivity index (χ0n) is 9.33. The molecule has 3 N–H and O–H groups in total. The first kappa shape index (κ1) is 12.7. The minimum Gasteiger partial charge on any atom is -0.381 e. The zero-order valence-corrected chi connectivity index (χ0v) is 10.9. The monoisotopic (exact) mass is 287 g/mol. The number of aryl methyl sites for hydroxylation is 1. The van der Waals surface area contributed by atoms with Crippen LogP contribution in [0.3, 0.4) is 0 Å². The Bertz CT molecular complexity index is 665. The molecule has 2 aromatic heterocycles. The Balaban J connectivity index is 2.33. The van der Waals surface area contributed by atoms with Crippen LogP contribution in [0, 0.1) is 0 Å². The summed E-state index contributed by atoms with van der Waals surface area (Å²) in [6.45, 7) is 0. The van der Waals surface area contributed by atoms with Gasteiger partial charge in [-0.2, -0.15) is 5.10 Å². The minimum atomic E-state index is -3.80. The fraction of sp³-hybridized carbons (Fsp3) is 0.111. The lowest BCUT2D eigenvalue weighted by molar-refractivity contribution is 0.601. The minimum absolute atomic E-state index is 0.0704. The molecule has 0 unspecified atom stereocenters. The SMILES string of the molecule is Cn1cc(S(=O)(=O)Nc2ccc(Cl)cn2)c(N)n1. The number of sulfonamides is 1. The van der Waals surface area contributed by atoms with Crippen molar-refractivity contribution in [3.8, 4) is 0 Å². The van der Waals surface area contributed by atoms with Gasteiger partial charge >= 0.3 is 0 Å². The predicted octanol–water partition coefficient (Wildman–Crippen LogP) is 0.852. The number of halogens is 1. The van der Waals surface area contributed by atoms with Crippen LogP contribution in [-0.4, -0.2) is 23.2 Å². The number of nitrogens with zero attached hydrogens (tertiary/aromatic N) is 3. The van der Waals surface area contributed by atoms with Crippen molar-refractivity contribution in [3.63, 3.8) is 0 Å². The summed E-state index contributed by atoms with van der Waals surface area (Å²) in [5, 5.41) is 4.18. The van der Waals surface area contributed by atoms with Crippen LogP contribution in [0.2, 0.25) is 5.02 Å². The summed E-state index contributed by atoms with van der Waals surface area (Å²) in [7, 11) is -2.22. The standard InChI is InChI=1S/C9H10ClN5O2S/c1-15-5-7(9(11)13-15)18(16,17)14-8-3-2-6(10)4-12-8/h2-5H,1H3,(H2,11,13)(H,12,14). The Morgan fingerprint density at radius 3 is 2.67 bits per heavy atom. The van der Waals surface area contributed by atoms with Gasteiger partial charge in [0.25, 0.3) is 10.0 Å². The average molecular weight is 288 g/mol. The third kappa shape index (κ3) is 2.54. The van der Waals surface area contributed by atoms with Gasteiger partial charge in [-0.05, 0) is 12.1 Å². The highest BCUT2D eigenvalue weighted by molar-refractivity contribution is 7.92. The molecule has 0 bridgehead atoms. The second-order valence-electron chi connectivity index (χ2n) is 3.52. The number of nitrogens with one attached hydrogen (secondary N) is 1. The molecular formula is C9H10ClN5O2S. The van der Waals surface area contributed by atoms with E-state index in [4.69, 9.17) is 17.3 Å². The lowest BCUT2D eigenvalue weighted by Gasteiger charge is -2.05. The van der Waals surface area contributed by atoms with Crippen LogP contribution in [0.5, 0.6) is 0 Å². The quantitative estimate of drug-likeness (QED) is 0.871. The summed E-state index contributed by atoms with van der Waals surface area (Å²) in [6, 6.07) is 2.98. The molecular weight excluding hydrogens is 278 g/mol. The first-order valence-corrected chi connectivity index (χ1v) is 6.68. The second-order valence-corrected chi connectivity index (χ2v) is 5.61. The van der Waals surface area contributed by atoms with Gasteiger partial charge in [0.2, 0.25) is 0 Å². The molecule has 0 fully saturated rings. The van der Waals surface area contributed by atoms with Crippen LogP contribution in [0.15, 0.2) is 29.4 Å². The van der Waals surface area contributed by atoms with Gasteiger partial charge in [-0.25, -0.2) is 13.4 Å². The van der Waals surface area contributed by atoms with Crippen molar-refractivity contribution in [2.24, 2.45) is 7.05 Å². The molecule has 2 rings (SSSR count). The topological polar surface area (TPSA) is 103 Å². The third-order valence-corrected chi connectivity index (χ3v) is 3.67. The van der Waals surface area contributed by atoms with Gasteiger partial charge in [0.15, 0.2) is 5.82 Å². The highest BCUT2D eigenvalue weighted by atomic mass is 35.5. The smallest absolute Gasteiger partial charge is 0.268 e. The summed E-state index contributed by atoms with van der Waals surface area (Å²) < 4.78 is 27.6. The fourth-order valence-corrected chi connectivity index (χ4v) is 2.55. The van der Waals surface area contributed by atoms with Gasteiger partial charge in [-0.1, -0.05) is 11.6 Å². The second kappa shape index (κ2) is 4.46. The molecule has 2 aromatic rings. The van der Waals surface area contributed by atoms with E-state index < -0.39 is 10.0 Å². The number of aromatic nitrogens is 3. The van der Waals surface area contributed by atoms with Gasteiger partial charge in [0, 0.05) is 19.4 Å². The van der Waals surface area contributed by atoms with Crippen molar-refractivity contribution < 1.29 is 8.42 Å². The molecule has 7 nitrogen and oxygen atoms in total. The number of nitrogens with two attached hydrogens (primary N) is 1. The Labute approximate surface area is 109 Å².